The van der Waals surface area contributed by atoms with Gasteiger partial charge in [-0.25, -0.2) is 9.13 Å². The van der Waals surface area contributed by atoms with Crippen molar-refractivity contribution in [2.75, 3.05) is 39.6 Å². The predicted molar refractivity (Wildman–Crippen MR) is 354 cm³/mol. The Bertz CT molecular complexity index is 1700. The van der Waals surface area contributed by atoms with Crippen molar-refractivity contribution < 1.29 is 80.2 Å². The number of carbonyl (C=O) groups is 4. The molecule has 0 bridgehead atoms. The summed E-state index contributed by atoms with van der Waals surface area (Å²) < 4.78 is 68.1. The molecule has 0 saturated heterocycles. The molecule has 19 heteroatoms. The Kier molecular flexibility index (Phi) is 61.1. The highest BCUT2D eigenvalue weighted by Gasteiger charge is 2.30. The van der Waals surface area contributed by atoms with Crippen molar-refractivity contribution in [3.63, 3.8) is 0 Å². The summed E-state index contributed by atoms with van der Waals surface area (Å²) in [6.45, 7) is 7.23. The molecule has 0 radical (unpaired) electrons. The van der Waals surface area contributed by atoms with Crippen LogP contribution < -0.4 is 0 Å². The molecule has 17 nitrogen and oxygen atoms in total. The maximum Gasteiger partial charge on any atom is 0.472 e. The van der Waals surface area contributed by atoms with E-state index < -0.39 is 97.5 Å². The summed E-state index contributed by atoms with van der Waals surface area (Å²) in [6, 6.07) is 0. The van der Waals surface area contributed by atoms with E-state index in [1.165, 1.54) is 173 Å². The van der Waals surface area contributed by atoms with Gasteiger partial charge in [0, 0.05) is 25.7 Å². The van der Waals surface area contributed by atoms with Gasteiger partial charge in [0.1, 0.15) is 19.3 Å². The van der Waals surface area contributed by atoms with E-state index in [-0.39, 0.29) is 25.7 Å². The first kappa shape index (κ1) is 86.1. The fourth-order valence-electron chi connectivity index (χ4n) is 10.5. The maximum atomic E-state index is 13.0. The van der Waals surface area contributed by atoms with Crippen LogP contribution in [-0.2, 0) is 65.4 Å². The van der Waals surface area contributed by atoms with Gasteiger partial charge in [-0.3, -0.25) is 37.3 Å². The first-order valence-corrected chi connectivity index (χ1v) is 39.1. The van der Waals surface area contributed by atoms with Gasteiger partial charge in [-0.2, -0.15) is 0 Å². The third-order valence-corrected chi connectivity index (χ3v) is 17.9. The van der Waals surface area contributed by atoms with Gasteiger partial charge in [0.15, 0.2) is 12.2 Å². The number of hydrogen-bond acceptors (Lipinski definition) is 15. The third-order valence-electron chi connectivity index (χ3n) is 16.0. The lowest BCUT2D eigenvalue weighted by atomic mass is 10.0. The topological polar surface area (TPSA) is 237 Å². The van der Waals surface area contributed by atoms with Crippen LogP contribution in [0, 0.1) is 5.92 Å². The van der Waals surface area contributed by atoms with Crippen LogP contribution >= 0.6 is 15.6 Å². The minimum absolute atomic E-state index is 0.106. The Hall–Kier alpha value is -1.94. The molecule has 0 aliphatic carbocycles. The van der Waals surface area contributed by atoms with Crippen molar-refractivity contribution in [3.8, 4) is 0 Å². The lowest BCUT2D eigenvalue weighted by Gasteiger charge is -2.21. The second kappa shape index (κ2) is 62.5. The zero-order valence-electron chi connectivity index (χ0n) is 56.9. The van der Waals surface area contributed by atoms with E-state index in [4.69, 9.17) is 37.0 Å². The lowest BCUT2D eigenvalue weighted by Crippen LogP contribution is -2.30. The number of esters is 4. The maximum absolute atomic E-state index is 13.0. The summed E-state index contributed by atoms with van der Waals surface area (Å²) in [5, 5.41) is 10.6. The molecule has 0 amide bonds. The highest BCUT2D eigenvalue weighted by molar-refractivity contribution is 7.47. The molecule has 0 aromatic rings. The van der Waals surface area contributed by atoms with Gasteiger partial charge < -0.3 is 33.8 Å². The number of aliphatic hydroxyl groups is 1. The van der Waals surface area contributed by atoms with Crippen molar-refractivity contribution in [2.45, 2.75) is 374 Å². The van der Waals surface area contributed by atoms with Gasteiger partial charge >= 0.3 is 39.5 Å². The molecule has 0 spiro atoms. The summed E-state index contributed by atoms with van der Waals surface area (Å²) >= 11 is 0. The summed E-state index contributed by atoms with van der Waals surface area (Å²) in [5.41, 5.74) is 0. The van der Waals surface area contributed by atoms with E-state index in [9.17, 15) is 43.2 Å². The Labute approximate surface area is 537 Å². The van der Waals surface area contributed by atoms with Crippen molar-refractivity contribution >= 4 is 39.5 Å². The van der Waals surface area contributed by atoms with Crippen LogP contribution in [0.2, 0.25) is 0 Å². The Balaban J connectivity index is 5.17. The zero-order chi connectivity index (χ0) is 64.9. The van der Waals surface area contributed by atoms with E-state index in [2.05, 4.69) is 34.6 Å². The summed E-state index contributed by atoms with van der Waals surface area (Å²) in [5.74, 6) is -1.32. The van der Waals surface area contributed by atoms with Crippen molar-refractivity contribution in [1.82, 2.24) is 0 Å². The standard InChI is InChI=1S/C69H134O17P2/c1-6-9-12-15-18-21-29-34-38-43-48-53-67(72)80-59-65(86-69(74)55-50-45-40-35-31-28-26-24-23-25-27-30-32-36-41-46-51-62(4)5)61-84-88(77,78)82-57-63(70)56-81-87(75,76)83-60-64(58-79-66(71)52-47-42-37-20-17-14-11-8-3)85-68(73)54-49-44-39-33-22-19-16-13-10-7-2/h62-65,70H,6-61H2,1-5H3,(H,75,76)(H,77,78)/t63-,64+,65+/m0/s1. The summed E-state index contributed by atoms with van der Waals surface area (Å²) in [6.07, 6.45) is 48.6. The Morgan fingerprint density at radius 3 is 0.773 bits per heavy atom. The number of ether oxygens (including phenoxy) is 4. The first-order valence-electron chi connectivity index (χ1n) is 36.1. The molecule has 0 aliphatic rings. The Morgan fingerprint density at radius 1 is 0.307 bits per heavy atom. The third kappa shape index (κ3) is 62.8. The number of unbranched alkanes of at least 4 members (excludes halogenated alkanes) is 41. The average Bonchev–Trinajstić information content (AvgIpc) is 3.58. The van der Waals surface area contributed by atoms with Crippen LogP contribution in [0.3, 0.4) is 0 Å². The minimum Gasteiger partial charge on any atom is -0.462 e. The van der Waals surface area contributed by atoms with Gasteiger partial charge in [-0.15, -0.1) is 0 Å². The largest absolute Gasteiger partial charge is 0.472 e. The molecule has 0 aromatic heterocycles. The molecule has 0 aromatic carbocycles. The normalized spacial score (nSPS) is 14.1. The SMILES string of the molecule is CCCCCCCCCCCCCC(=O)OC[C@H](COP(=O)(O)OC[C@@H](O)COP(=O)(O)OC[C@@H](COC(=O)CCCCCCCCCC)OC(=O)CCCCCCCCCCCC)OC(=O)CCCCCCCCCCCCCCCCCCC(C)C. The molecule has 0 fully saturated rings. The van der Waals surface area contributed by atoms with Gasteiger partial charge in [0.05, 0.1) is 26.4 Å². The second-order valence-corrected chi connectivity index (χ2v) is 28.3. The molecular formula is C69H134O17P2. The van der Waals surface area contributed by atoms with Gasteiger partial charge in [0.25, 0.3) is 0 Å². The smallest absolute Gasteiger partial charge is 0.462 e. The summed E-state index contributed by atoms with van der Waals surface area (Å²) in [7, 11) is -9.89. The number of hydrogen-bond donors (Lipinski definition) is 3. The molecule has 5 atom stereocenters. The first-order chi connectivity index (χ1) is 42.5. The van der Waals surface area contributed by atoms with Gasteiger partial charge in [-0.1, -0.05) is 304 Å². The monoisotopic (exact) mass is 1300 g/mol. The number of aliphatic hydroxyl groups excluding tert-OH is 1. The van der Waals surface area contributed by atoms with Gasteiger partial charge in [0.2, 0.25) is 0 Å². The zero-order valence-corrected chi connectivity index (χ0v) is 58.6. The highest BCUT2D eigenvalue weighted by Crippen LogP contribution is 2.45. The fraction of sp³-hybridized carbons (Fsp3) is 0.942. The number of carbonyl (C=O) groups excluding carboxylic acids is 4. The number of rotatable bonds is 69. The Morgan fingerprint density at radius 2 is 0.523 bits per heavy atom. The molecular weight excluding hydrogens is 1160 g/mol. The minimum atomic E-state index is -4.95. The number of phosphoric ester groups is 2. The molecule has 522 valence electrons. The molecule has 2 unspecified atom stereocenters. The van der Waals surface area contributed by atoms with Crippen LogP contribution in [-0.4, -0.2) is 96.7 Å². The van der Waals surface area contributed by atoms with Crippen LogP contribution in [0.4, 0.5) is 0 Å². The van der Waals surface area contributed by atoms with Crippen LogP contribution in [0.5, 0.6) is 0 Å². The van der Waals surface area contributed by atoms with Gasteiger partial charge in [-0.05, 0) is 31.6 Å². The average molecular weight is 1300 g/mol. The molecule has 88 heavy (non-hydrogen) atoms. The fourth-order valence-corrected chi connectivity index (χ4v) is 12.0. The predicted octanol–water partition coefficient (Wildman–Crippen LogP) is 19.7. The lowest BCUT2D eigenvalue weighted by molar-refractivity contribution is -0.161. The second-order valence-electron chi connectivity index (χ2n) is 25.4. The van der Waals surface area contributed by atoms with Crippen LogP contribution in [0.1, 0.15) is 356 Å². The molecule has 3 N–H and O–H groups in total. The van der Waals surface area contributed by atoms with Crippen LogP contribution in [0.25, 0.3) is 0 Å². The number of phosphoric acid groups is 2. The van der Waals surface area contributed by atoms with E-state index >= 15 is 0 Å². The van der Waals surface area contributed by atoms with E-state index in [1.807, 2.05) is 0 Å². The van der Waals surface area contributed by atoms with E-state index in [0.29, 0.717) is 25.7 Å². The van der Waals surface area contributed by atoms with E-state index in [0.717, 1.165) is 102 Å². The molecule has 0 heterocycles. The van der Waals surface area contributed by atoms with Crippen molar-refractivity contribution in [3.05, 3.63) is 0 Å². The van der Waals surface area contributed by atoms with E-state index in [1.54, 1.807) is 0 Å². The molecule has 0 rings (SSSR count). The van der Waals surface area contributed by atoms with Crippen LogP contribution in [0.15, 0.2) is 0 Å². The highest BCUT2D eigenvalue weighted by atomic mass is 31.2. The molecule has 0 aliphatic heterocycles. The summed E-state index contributed by atoms with van der Waals surface area (Å²) in [4.78, 5) is 72.3. The molecule has 0 saturated carbocycles. The van der Waals surface area contributed by atoms with Crippen molar-refractivity contribution in [1.29, 1.82) is 0 Å². The quantitative estimate of drug-likeness (QED) is 0.0222. The van der Waals surface area contributed by atoms with Crippen molar-refractivity contribution in [2.24, 2.45) is 5.92 Å².